The van der Waals surface area contributed by atoms with Gasteiger partial charge in [-0.2, -0.15) is 4.99 Å². The van der Waals surface area contributed by atoms with E-state index < -0.39 is 9.84 Å². The highest BCUT2D eigenvalue weighted by atomic mass is 32.2. The van der Waals surface area contributed by atoms with E-state index in [0.717, 1.165) is 0 Å². The number of methoxy groups -OCH3 is 1. The van der Waals surface area contributed by atoms with Crippen LogP contribution in [0.2, 0.25) is 0 Å². The quantitative estimate of drug-likeness (QED) is 0.613. The van der Waals surface area contributed by atoms with Gasteiger partial charge in [0.15, 0.2) is 9.84 Å². The van der Waals surface area contributed by atoms with Crippen molar-refractivity contribution in [2.24, 2.45) is 4.99 Å². The Bertz CT molecular complexity index is 531. The van der Waals surface area contributed by atoms with E-state index in [0.29, 0.717) is 11.4 Å². The highest BCUT2D eigenvalue weighted by Gasteiger charge is 2.14. The van der Waals surface area contributed by atoms with E-state index in [9.17, 15) is 8.42 Å². The number of aliphatic imine (C=N–C) groups is 1. The number of hydrogen-bond donors (Lipinski definition) is 0. The average molecular weight is 257 g/mol. The van der Waals surface area contributed by atoms with Crippen LogP contribution < -0.4 is 4.74 Å². The lowest BCUT2D eigenvalue weighted by Gasteiger charge is -2.06. The molecule has 86 valence electrons. The lowest BCUT2D eigenvalue weighted by molar-refractivity contribution is 0.416. The van der Waals surface area contributed by atoms with Gasteiger partial charge in [0.1, 0.15) is 11.4 Å². The molecule has 1 aromatic carbocycles. The molecule has 0 aromatic heterocycles. The molecule has 0 atom stereocenters. The Labute approximate surface area is 99.9 Å². The summed E-state index contributed by atoms with van der Waals surface area (Å²) >= 11 is 4.48. The van der Waals surface area contributed by atoms with Gasteiger partial charge in [-0.3, -0.25) is 0 Å². The predicted molar refractivity (Wildman–Crippen MR) is 65.4 cm³/mol. The highest BCUT2D eigenvalue weighted by Crippen LogP contribution is 2.29. The van der Waals surface area contributed by atoms with E-state index >= 15 is 0 Å². The number of nitrogens with zero attached hydrogens (tertiary/aromatic N) is 1. The maximum atomic E-state index is 11.6. The second kappa shape index (κ2) is 5.21. The van der Waals surface area contributed by atoms with Gasteiger partial charge in [0.05, 0.1) is 22.9 Å². The van der Waals surface area contributed by atoms with Crippen LogP contribution in [0.5, 0.6) is 5.75 Å². The molecule has 0 saturated carbocycles. The number of sulfone groups is 1. The zero-order valence-corrected chi connectivity index (χ0v) is 10.6. The van der Waals surface area contributed by atoms with E-state index in [1.54, 1.807) is 13.0 Å². The van der Waals surface area contributed by atoms with Crippen LogP contribution in [0.25, 0.3) is 0 Å². The molecule has 1 rings (SSSR count). The largest absolute Gasteiger partial charge is 0.494 e. The molecule has 0 aliphatic rings. The first-order chi connectivity index (χ1) is 7.55. The van der Waals surface area contributed by atoms with Gasteiger partial charge in [0.25, 0.3) is 0 Å². The predicted octanol–water partition coefficient (Wildman–Crippen LogP) is 2.22. The molecule has 0 bridgehead atoms. The number of benzene rings is 1. The lowest BCUT2D eigenvalue weighted by Crippen LogP contribution is -2.03. The van der Waals surface area contributed by atoms with E-state index in [-0.39, 0.29) is 10.6 Å². The minimum Gasteiger partial charge on any atom is -0.494 e. The summed E-state index contributed by atoms with van der Waals surface area (Å²) in [5, 5.41) is 2.19. The first kappa shape index (κ1) is 12.8. The normalized spacial score (nSPS) is 10.6. The van der Waals surface area contributed by atoms with Gasteiger partial charge in [0, 0.05) is 0 Å². The van der Waals surface area contributed by atoms with E-state index in [2.05, 4.69) is 22.4 Å². The van der Waals surface area contributed by atoms with Crippen LogP contribution in [-0.4, -0.2) is 26.4 Å². The Kier molecular flexibility index (Phi) is 4.18. The van der Waals surface area contributed by atoms with Crippen molar-refractivity contribution in [1.29, 1.82) is 0 Å². The molecule has 0 fully saturated rings. The Hall–Kier alpha value is -1.23. The summed E-state index contributed by atoms with van der Waals surface area (Å²) in [7, 11) is -1.76. The summed E-state index contributed by atoms with van der Waals surface area (Å²) in [5.41, 5.74) is 0.368. The van der Waals surface area contributed by atoms with Crippen molar-refractivity contribution < 1.29 is 13.2 Å². The smallest absolute Gasteiger partial charge is 0.178 e. The minimum absolute atomic E-state index is 0.0417. The van der Waals surface area contributed by atoms with Crippen LogP contribution in [-0.2, 0) is 9.84 Å². The zero-order valence-electron chi connectivity index (χ0n) is 8.93. The van der Waals surface area contributed by atoms with E-state index in [1.807, 2.05) is 0 Å². The molecule has 0 amide bonds. The standard InChI is InChI=1S/C10H11NO3S2/c1-3-16(12,13)8-4-5-10(14-2)9(6-8)11-7-15/h4-6H,3H2,1-2H3. The number of hydrogen-bond acceptors (Lipinski definition) is 5. The van der Waals surface area contributed by atoms with Crippen LogP contribution in [0, 0.1) is 0 Å². The first-order valence-corrected chi connectivity index (χ1v) is 6.60. The molecular formula is C10H11NO3S2. The summed E-state index contributed by atoms with van der Waals surface area (Å²) in [6.45, 7) is 1.59. The van der Waals surface area contributed by atoms with E-state index in [1.165, 1.54) is 19.2 Å². The maximum Gasteiger partial charge on any atom is 0.178 e. The average Bonchev–Trinajstić information content (AvgIpc) is 2.29. The molecule has 0 aliphatic carbocycles. The van der Waals surface area contributed by atoms with Crippen molar-refractivity contribution >= 4 is 32.9 Å². The van der Waals surface area contributed by atoms with Crippen molar-refractivity contribution in [1.82, 2.24) is 0 Å². The topological polar surface area (TPSA) is 55.7 Å². The lowest BCUT2D eigenvalue weighted by atomic mass is 10.3. The van der Waals surface area contributed by atoms with Crippen LogP contribution in [0.1, 0.15) is 6.92 Å². The fraction of sp³-hybridized carbons (Fsp3) is 0.300. The van der Waals surface area contributed by atoms with Gasteiger partial charge in [-0.25, -0.2) is 8.42 Å². The molecule has 0 aliphatic heterocycles. The Morgan fingerprint density at radius 3 is 2.69 bits per heavy atom. The number of isothiocyanates is 1. The third-order valence-electron chi connectivity index (χ3n) is 2.06. The third-order valence-corrected chi connectivity index (χ3v) is 3.88. The fourth-order valence-corrected chi connectivity index (χ4v) is 2.16. The molecule has 0 saturated heterocycles. The van der Waals surface area contributed by atoms with Crippen molar-refractivity contribution in [3.05, 3.63) is 18.2 Å². The molecule has 0 unspecified atom stereocenters. The molecule has 0 spiro atoms. The number of rotatable bonds is 4. The second-order valence-corrected chi connectivity index (χ2v) is 5.40. The SMILES string of the molecule is CCS(=O)(=O)c1ccc(OC)c(N=C=S)c1. The summed E-state index contributed by atoms with van der Waals surface area (Å²) < 4.78 is 28.3. The molecule has 0 radical (unpaired) electrons. The Morgan fingerprint density at radius 2 is 2.19 bits per heavy atom. The van der Waals surface area contributed by atoms with Crippen LogP contribution >= 0.6 is 12.2 Å². The van der Waals surface area contributed by atoms with Crippen molar-refractivity contribution in [2.45, 2.75) is 11.8 Å². The van der Waals surface area contributed by atoms with E-state index in [4.69, 9.17) is 4.74 Å². The number of ether oxygens (including phenoxy) is 1. The minimum atomic E-state index is -3.24. The summed E-state index contributed by atoms with van der Waals surface area (Å²) in [6, 6.07) is 4.46. The highest BCUT2D eigenvalue weighted by molar-refractivity contribution is 7.91. The summed E-state index contributed by atoms with van der Waals surface area (Å²) in [4.78, 5) is 3.97. The molecule has 0 heterocycles. The number of thiocarbonyl (C=S) groups is 1. The van der Waals surface area contributed by atoms with Gasteiger partial charge < -0.3 is 4.74 Å². The third kappa shape index (κ3) is 2.66. The Morgan fingerprint density at radius 1 is 1.50 bits per heavy atom. The second-order valence-electron chi connectivity index (χ2n) is 2.94. The zero-order chi connectivity index (χ0) is 12.2. The first-order valence-electron chi connectivity index (χ1n) is 4.53. The van der Waals surface area contributed by atoms with Crippen LogP contribution in [0.4, 0.5) is 5.69 Å². The molecule has 16 heavy (non-hydrogen) atoms. The van der Waals surface area contributed by atoms with Gasteiger partial charge in [-0.05, 0) is 30.4 Å². The Balaban J connectivity index is 3.38. The molecular weight excluding hydrogens is 246 g/mol. The molecule has 6 heteroatoms. The summed E-state index contributed by atoms with van der Waals surface area (Å²) in [5.74, 6) is 0.507. The summed E-state index contributed by atoms with van der Waals surface area (Å²) in [6.07, 6.45) is 0. The van der Waals surface area contributed by atoms with Crippen molar-refractivity contribution in [2.75, 3.05) is 12.9 Å². The van der Waals surface area contributed by atoms with Crippen LogP contribution in [0.3, 0.4) is 0 Å². The molecule has 0 N–H and O–H groups in total. The molecule has 1 aromatic rings. The van der Waals surface area contributed by atoms with Gasteiger partial charge in [-0.1, -0.05) is 6.92 Å². The van der Waals surface area contributed by atoms with Crippen LogP contribution in [0.15, 0.2) is 28.1 Å². The van der Waals surface area contributed by atoms with Crippen molar-refractivity contribution in [3.63, 3.8) is 0 Å². The van der Waals surface area contributed by atoms with Gasteiger partial charge in [0.2, 0.25) is 0 Å². The molecule has 4 nitrogen and oxygen atoms in total. The maximum absolute atomic E-state index is 11.6. The monoisotopic (exact) mass is 257 g/mol. The van der Waals surface area contributed by atoms with Gasteiger partial charge >= 0.3 is 0 Å². The van der Waals surface area contributed by atoms with Gasteiger partial charge in [-0.15, -0.1) is 0 Å². The van der Waals surface area contributed by atoms with Crippen molar-refractivity contribution in [3.8, 4) is 5.75 Å². The fourth-order valence-electron chi connectivity index (χ4n) is 1.17.